The Morgan fingerprint density at radius 1 is 1.42 bits per heavy atom. The average Bonchev–Trinajstić information content (AvgIpc) is 2.50. The zero-order valence-electron chi connectivity index (χ0n) is 14.6. The summed E-state index contributed by atoms with van der Waals surface area (Å²) in [6, 6.07) is 1.28. The number of carbonyl (C=O) groups is 1. The van der Waals surface area contributed by atoms with Crippen LogP contribution in [0.3, 0.4) is 0 Å². The lowest BCUT2D eigenvalue weighted by Gasteiger charge is -2.34. The number of carbonyl (C=O) groups excluding carboxylic acids is 1. The van der Waals surface area contributed by atoms with Crippen LogP contribution in [0.15, 0.2) is 12.3 Å². The van der Waals surface area contributed by atoms with Crippen LogP contribution >= 0.6 is 0 Å². The Kier molecular flexibility index (Phi) is 6.25. The number of aryl methyl sites for hydroxylation is 1. The van der Waals surface area contributed by atoms with Crippen LogP contribution in [0.1, 0.15) is 42.7 Å². The largest absolute Gasteiger partial charge is 0.352 e. The molecule has 1 aromatic heterocycles. The lowest BCUT2D eigenvalue weighted by molar-refractivity contribution is -0.385. The highest BCUT2D eigenvalue weighted by Gasteiger charge is 2.21. The Bertz CT molecular complexity index is 595. The number of likely N-dealkylation sites (tertiary alicyclic amines) is 1. The molecule has 0 aromatic carbocycles. The van der Waals surface area contributed by atoms with Gasteiger partial charge in [-0.15, -0.1) is 0 Å². The fraction of sp³-hybridized carbons (Fsp3) is 0.647. The van der Waals surface area contributed by atoms with E-state index in [0.717, 1.165) is 37.9 Å². The molecular formula is C17H26N4O3. The maximum absolute atomic E-state index is 12.2. The van der Waals surface area contributed by atoms with Gasteiger partial charge in [-0.25, -0.2) is 0 Å². The van der Waals surface area contributed by atoms with Crippen molar-refractivity contribution in [2.45, 2.75) is 33.6 Å². The van der Waals surface area contributed by atoms with Gasteiger partial charge in [-0.05, 0) is 38.1 Å². The van der Waals surface area contributed by atoms with Gasteiger partial charge < -0.3 is 10.2 Å². The molecule has 0 saturated carbocycles. The number of amides is 1. The van der Waals surface area contributed by atoms with Crippen LogP contribution in [0.5, 0.6) is 0 Å². The van der Waals surface area contributed by atoms with E-state index in [1.54, 1.807) is 6.92 Å². The number of aromatic nitrogens is 1. The molecule has 2 rings (SSSR count). The number of nitrogens with zero attached hydrogens (tertiary/aromatic N) is 3. The first kappa shape index (κ1) is 18.3. The quantitative estimate of drug-likeness (QED) is 0.490. The highest BCUT2D eigenvalue weighted by atomic mass is 16.6. The average molecular weight is 334 g/mol. The van der Waals surface area contributed by atoms with Crippen LogP contribution in [-0.4, -0.2) is 46.9 Å². The molecule has 0 radical (unpaired) electrons. The molecule has 0 aliphatic carbocycles. The summed E-state index contributed by atoms with van der Waals surface area (Å²) in [6.07, 6.45) is 3.32. The van der Waals surface area contributed by atoms with Crippen molar-refractivity contribution >= 4 is 11.6 Å². The Hall–Kier alpha value is -2.02. The van der Waals surface area contributed by atoms with Gasteiger partial charge in [0.1, 0.15) is 6.20 Å². The van der Waals surface area contributed by atoms with Crippen molar-refractivity contribution < 1.29 is 9.72 Å². The number of pyridine rings is 1. The van der Waals surface area contributed by atoms with Crippen LogP contribution in [0.4, 0.5) is 5.69 Å². The van der Waals surface area contributed by atoms with Crippen LogP contribution in [0, 0.1) is 28.9 Å². The number of nitro groups is 1. The molecule has 1 fully saturated rings. The van der Waals surface area contributed by atoms with Crippen molar-refractivity contribution in [2.75, 3.05) is 26.2 Å². The SMILES string of the molecule is Cc1ncc([N+](=O)[O-])cc1C(=O)NCCCN1C[C@@H](C)C[C@H](C)C1. The molecule has 1 N–H and O–H groups in total. The highest BCUT2D eigenvalue weighted by Crippen LogP contribution is 2.20. The van der Waals surface area contributed by atoms with E-state index >= 15 is 0 Å². The number of rotatable bonds is 6. The van der Waals surface area contributed by atoms with Crippen molar-refractivity contribution in [3.05, 3.63) is 33.6 Å². The second kappa shape index (κ2) is 8.19. The van der Waals surface area contributed by atoms with Crippen molar-refractivity contribution in [1.29, 1.82) is 0 Å². The maximum atomic E-state index is 12.2. The first-order valence-electron chi connectivity index (χ1n) is 8.48. The second-order valence-electron chi connectivity index (χ2n) is 6.90. The molecule has 7 nitrogen and oxygen atoms in total. The molecular weight excluding hydrogens is 308 g/mol. The molecule has 0 spiro atoms. The van der Waals surface area contributed by atoms with Gasteiger partial charge in [0.05, 0.1) is 16.2 Å². The van der Waals surface area contributed by atoms with Crippen LogP contribution in [-0.2, 0) is 0 Å². The lowest BCUT2D eigenvalue weighted by Crippen LogP contribution is -2.40. The van der Waals surface area contributed by atoms with E-state index in [4.69, 9.17) is 0 Å². The monoisotopic (exact) mass is 334 g/mol. The minimum absolute atomic E-state index is 0.165. The number of hydrogen-bond donors (Lipinski definition) is 1. The predicted octanol–water partition coefficient (Wildman–Crippen LogP) is 2.40. The fourth-order valence-electron chi connectivity index (χ4n) is 3.43. The van der Waals surface area contributed by atoms with Gasteiger partial charge in [-0.3, -0.25) is 19.9 Å². The van der Waals surface area contributed by atoms with Crippen molar-refractivity contribution in [3.8, 4) is 0 Å². The maximum Gasteiger partial charge on any atom is 0.288 e. The summed E-state index contributed by atoms with van der Waals surface area (Å²) < 4.78 is 0. The molecule has 1 saturated heterocycles. The fourth-order valence-corrected chi connectivity index (χ4v) is 3.43. The molecule has 1 aliphatic rings. The summed E-state index contributed by atoms with van der Waals surface area (Å²) in [4.78, 5) is 28.9. The Morgan fingerprint density at radius 2 is 2.08 bits per heavy atom. The number of nitrogens with one attached hydrogen (secondary N) is 1. The summed E-state index contributed by atoms with van der Waals surface area (Å²) in [5.41, 5.74) is 0.600. The first-order chi connectivity index (χ1) is 11.4. The normalized spacial score (nSPS) is 21.5. The molecule has 132 valence electrons. The summed E-state index contributed by atoms with van der Waals surface area (Å²) in [6.45, 7) is 9.99. The van der Waals surface area contributed by atoms with Crippen LogP contribution in [0.25, 0.3) is 0 Å². The third-order valence-corrected chi connectivity index (χ3v) is 4.41. The predicted molar refractivity (Wildman–Crippen MR) is 92.0 cm³/mol. The molecule has 2 heterocycles. The molecule has 0 bridgehead atoms. The Morgan fingerprint density at radius 3 is 2.71 bits per heavy atom. The summed E-state index contributed by atoms with van der Waals surface area (Å²) in [7, 11) is 0. The van der Waals surface area contributed by atoms with Gasteiger partial charge in [0, 0.05) is 25.7 Å². The first-order valence-corrected chi connectivity index (χ1v) is 8.48. The Balaban J connectivity index is 1.81. The minimum atomic E-state index is -0.540. The van der Waals surface area contributed by atoms with Crippen LogP contribution in [0.2, 0.25) is 0 Å². The smallest absolute Gasteiger partial charge is 0.288 e. The van der Waals surface area contributed by atoms with Crippen molar-refractivity contribution in [1.82, 2.24) is 15.2 Å². The summed E-state index contributed by atoms with van der Waals surface area (Å²) in [5, 5.41) is 13.6. The number of hydrogen-bond acceptors (Lipinski definition) is 5. The van der Waals surface area contributed by atoms with E-state index in [0.29, 0.717) is 12.2 Å². The van der Waals surface area contributed by atoms with E-state index in [-0.39, 0.29) is 17.2 Å². The highest BCUT2D eigenvalue weighted by molar-refractivity contribution is 5.95. The topological polar surface area (TPSA) is 88.4 Å². The molecule has 1 aromatic rings. The second-order valence-corrected chi connectivity index (χ2v) is 6.90. The number of piperidine rings is 1. The molecule has 0 unspecified atom stereocenters. The zero-order valence-corrected chi connectivity index (χ0v) is 14.6. The third-order valence-electron chi connectivity index (χ3n) is 4.41. The van der Waals surface area contributed by atoms with E-state index in [9.17, 15) is 14.9 Å². The van der Waals surface area contributed by atoms with Gasteiger partial charge in [-0.1, -0.05) is 13.8 Å². The van der Waals surface area contributed by atoms with Crippen LogP contribution < -0.4 is 5.32 Å². The molecule has 1 amide bonds. The van der Waals surface area contributed by atoms with Gasteiger partial charge in [0.2, 0.25) is 0 Å². The van der Waals surface area contributed by atoms with E-state index in [2.05, 4.69) is 29.0 Å². The lowest BCUT2D eigenvalue weighted by atomic mass is 9.92. The molecule has 24 heavy (non-hydrogen) atoms. The van der Waals surface area contributed by atoms with E-state index in [1.807, 2.05) is 0 Å². The van der Waals surface area contributed by atoms with E-state index in [1.165, 1.54) is 18.7 Å². The van der Waals surface area contributed by atoms with E-state index < -0.39 is 4.92 Å². The van der Waals surface area contributed by atoms with Gasteiger partial charge in [-0.2, -0.15) is 0 Å². The Labute approximate surface area is 142 Å². The molecule has 2 atom stereocenters. The zero-order chi connectivity index (χ0) is 17.7. The minimum Gasteiger partial charge on any atom is -0.352 e. The van der Waals surface area contributed by atoms with Crippen molar-refractivity contribution in [2.24, 2.45) is 11.8 Å². The van der Waals surface area contributed by atoms with Gasteiger partial charge >= 0.3 is 0 Å². The van der Waals surface area contributed by atoms with Gasteiger partial charge in [0.15, 0.2) is 0 Å². The van der Waals surface area contributed by atoms with Gasteiger partial charge in [0.25, 0.3) is 11.6 Å². The third kappa shape index (κ3) is 4.99. The summed E-state index contributed by atoms with van der Waals surface area (Å²) >= 11 is 0. The van der Waals surface area contributed by atoms with Crippen molar-refractivity contribution in [3.63, 3.8) is 0 Å². The standard InChI is InChI=1S/C17H26N4O3/c1-12-7-13(2)11-20(10-12)6-4-5-18-17(22)16-8-15(21(23)24)9-19-14(16)3/h8-9,12-13H,4-7,10-11H2,1-3H3,(H,18,22)/t12-,13-/m0/s1. The summed E-state index contributed by atoms with van der Waals surface area (Å²) in [5.74, 6) is 1.15. The molecule has 1 aliphatic heterocycles. The molecule has 7 heteroatoms.